The molecule has 76 valence electrons. The largest absolute Gasteiger partial charge is 0.484 e. The van der Waals surface area contributed by atoms with Crippen LogP contribution in [0, 0.1) is 0 Å². The Morgan fingerprint density at radius 1 is 0.917 bits per heavy atom. The molecule has 0 fully saturated rings. The Balaban J connectivity index is 0. The number of rotatable bonds is 6. The summed E-state index contributed by atoms with van der Waals surface area (Å²) in [5.41, 5.74) is 0. The predicted molar refractivity (Wildman–Crippen MR) is 54.2 cm³/mol. The highest BCUT2D eigenvalue weighted by Gasteiger charge is 2.11. The monoisotopic (exact) mass is 212 g/mol. The fourth-order valence-corrected chi connectivity index (χ4v) is 1.66. The molecule has 0 heterocycles. The summed E-state index contributed by atoms with van der Waals surface area (Å²) in [4.78, 5) is 7.14. The van der Waals surface area contributed by atoms with E-state index in [-0.39, 0.29) is 0 Å². The van der Waals surface area contributed by atoms with Crippen LogP contribution in [-0.2, 0) is 13.3 Å². The highest BCUT2D eigenvalue weighted by Crippen LogP contribution is 1.90. The van der Waals surface area contributed by atoms with Crippen molar-refractivity contribution < 1.29 is 18.1 Å². The molecule has 0 radical (unpaired) electrons. The summed E-state index contributed by atoms with van der Waals surface area (Å²) in [6.45, 7) is 7.86. The highest BCUT2D eigenvalue weighted by molar-refractivity contribution is 6.36. The first-order chi connectivity index (χ1) is 5.85. The first kappa shape index (κ1) is 14.8. The topological polar surface area (TPSA) is 47.9 Å². The second-order valence-electron chi connectivity index (χ2n) is 1.65. The summed E-state index contributed by atoms with van der Waals surface area (Å²) in [7, 11) is -1.43. The van der Waals surface area contributed by atoms with E-state index in [9.17, 15) is 0 Å². The molecule has 0 aromatic rings. The van der Waals surface area contributed by atoms with Crippen molar-refractivity contribution in [3.8, 4) is 0 Å². The van der Waals surface area contributed by atoms with Crippen molar-refractivity contribution in [3.05, 3.63) is 0 Å². The zero-order valence-electron chi connectivity index (χ0n) is 8.37. The standard InChI is InChI=1S/C6H16O3Si.H4OSi/c1-4-7-10(8-5-2)9-6-3;1-2/h10H,4-6H2,1-3H3;1H,2H3. The van der Waals surface area contributed by atoms with E-state index in [1.54, 1.807) is 0 Å². The molecular formula is C6H20O4Si2. The molecule has 0 aromatic carbocycles. The van der Waals surface area contributed by atoms with Gasteiger partial charge in [0.1, 0.15) is 10.5 Å². The summed E-state index contributed by atoms with van der Waals surface area (Å²) in [5, 5.41) is 0. The van der Waals surface area contributed by atoms with Crippen LogP contribution in [0.2, 0.25) is 0 Å². The average molecular weight is 212 g/mol. The van der Waals surface area contributed by atoms with E-state index in [0.717, 1.165) is 0 Å². The molecule has 0 amide bonds. The fraction of sp³-hybridized carbons (Fsp3) is 1.00. The van der Waals surface area contributed by atoms with Gasteiger partial charge in [-0.25, -0.2) is 0 Å². The SMILES string of the molecule is CCO[SiH](OCC)OCC.O[SiH3]. The van der Waals surface area contributed by atoms with E-state index in [1.807, 2.05) is 20.8 Å². The minimum Gasteiger partial charge on any atom is -0.442 e. The molecule has 0 spiro atoms. The Kier molecular flexibility index (Phi) is 17.0. The van der Waals surface area contributed by atoms with E-state index >= 15 is 0 Å². The van der Waals surface area contributed by atoms with Gasteiger partial charge in [-0.15, -0.1) is 0 Å². The fourth-order valence-electron chi connectivity index (χ4n) is 0.553. The maximum absolute atomic E-state index is 7.14. The van der Waals surface area contributed by atoms with Crippen LogP contribution in [-0.4, -0.2) is 44.6 Å². The van der Waals surface area contributed by atoms with Crippen LogP contribution in [0.15, 0.2) is 0 Å². The van der Waals surface area contributed by atoms with Gasteiger partial charge in [0.15, 0.2) is 0 Å². The third kappa shape index (κ3) is 10.3. The van der Waals surface area contributed by atoms with Crippen molar-refractivity contribution in [1.82, 2.24) is 0 Å². The van der Waals surface area contributed by atoms with Gasteiger partial charge in [0.05, 0.1) is 0 Å². The Morgan fingerprint density at radius 3 is 1.33 bits per heavy atom. The van der Waals surface area contributed by atoms with Crippen molar-refractivity contribution in [2.75, 3.05) is 19.8 Å². The molecule has 12 heavy (non-hydrogen) atoms. The quantitative estimate of drug-likeness (QED) is 0.578. The molecule has 0 unspecified atom stereocenters. The highest BCUT2D eigenvalue weighted by atomic mass is 28.3. The van der Waals surface area contributed by atoms with Crippen LogP contribution >= 0.6 is 0 Å². The molecule has 0 saturated heterocycles. The molecule has 1 N–H and O–H groups in total. The second kappa shape index (κ2) is 13.8. The summed E-state index contributed by atoms with van der Waals surface area (Å²) < 4.78 is 15.7. The van der Waals surface area contributed by atoms with Crippen LogP contribution in [0.3, 0.4) is 0 Å². The predicted octanol–water partition coefficient (Wildman–Crippen LogP) is -0.928. The van der Waals surface area contributed by atoms with Gasteiger partial charge in [0.2, 0.25) is 0 Å². The van der Waals surface area contributed by atoms with E-state index in [1.165, 1.54) is 0 Å². The maximum Gasteiger partial charge on any atom is 0.484 e. The van der Waals surface area contributed by atoms with Crippen molar-refractivity contribution >= 4 is 20.0 Å². The van der Waals surface area contributed by atoms with E-state index in [2.05, 4.69) is 0 Å². The van der Waals surface area contributed by atoms with Gasteiger partial charge in [-0.2, -0.15) is 0 Å². The maximum atomic E-state index is 7.14. The minimum absolute atomic E-state index is 0.306. The van der Waals surface area contributed by atoms with E-state index in [4.69, 9.17) is 18.1 Å². The minimum atomic E-state index is -1.73. The Bertz CT molecular complexity index is 60.3. The smallest absolute Gasteiger partial charge is 0.442 e. The van der Waals surface area contributed by atoms with Gasteiger partial charge in [0, 0.05) is 19.8 Å². The van der Waals surface area contributed by atoms with Crippen molar-refractivity contribution in [2.24, 2.45) is 0 Å². The molecule has 0 aliphatic carbocycles. The summed E-state index contributed by atoms with van der Waals surface area (Å²) in [6, 6.07) is 0. The molecular weight excluding hydrogens is 192 g/mol. The van der Waals surface area contributed by atoms with E-state index in [0.29, 0.717) is 30.3 Å². The second-order valence-corrected chi connectivity index (χ2v) is 3.23. The summed E-state index contributed by atoms with van der Waals surface area (Å²) in [5.74, 6) is 0. The third-order valence-electron chi connectivity index (χ3n) is 0.908. The molecule has 0 bridgehead atoms. The third-order valence-corrected chi connectivity index (χ3v) is 2.72. The summed E-state index contributed by atoms with van der Waals surface area (Å²) >= 11 is 0. The first-order valence-corrected chi connectivity index (χ1v) is 6.45. The van der Waals surface area contributed by atoms with Crippen LogP contribution in [0.1, 0.15) is 20.8 Å². The molecule has 0 aromatic heterocycles. The Morgan fingerprint density at radius 2 is 1.17 bits per heavy atom. The number of hydrogen-bond donors (Lipinski definition) is 1. The molecule has 0 aliphatic heterocycles. The van der Waals surface area contributed by atoms with Gasteiger partial charge >= 0.3 is 9.53 Å². The molecule has 0 rings (SSSR count). The molecule has 6 heteroatoms. The van der Waals surface area contributed by atoms with Gasteiger partial charge in [0.25, 0.3) is 0 Å². The van der Waals surface area contributed by atoms with Crippen LogP contribution in [0.4, 0.5) is 0 Å². The lowest BCUT2D eigenvalue weighted by Crippen LogP contribution is -2.27. The summed E-state index contributed by atoms with van der Waals surface area (Å²) in [6.07, 6.45) is 0. The Hall–Kier alpha value is 0.274. The van der Waals surface area contributed by atoms with Crippen molar-refractivity contribution in [1.29, 1.82) is 0 Å². The molecule has 4 nitrogen and oxygen atoms in total. The van der Waals surface area contributed by atoms with Crippen LogP contribution in [0.5, 0.6) is 0 Å². The van der Waals surface area contributed by atoms with Gasteiger partial charge in [-0.3, -0.25) is 0 Å². The zero-order chi connectivity index (χ0) is 9.82. The van der Waals surface area contributed by atoms with E-state index < -0.39 is 9.53 Å². The van der Waals surface area contributed by atoms with Gasteiger partial charge in [-0.1, -0.05) is 0 Å². The lowest BCUT2D eigenvalue weighted by molar-refractivity contribution is 0.107. The lowest BCUT2D eigenvalue weighted by atomic mass is 10.9. The lowest BCUT2D eigenvalue weighted by Gasteiger charge is -2.12. The van der Waals surface area contributed by atoms with Crippen molar-refractivity contribution in [2.45, 2.75) is 20.8 Å². The number of hydrogen-bond acceptors (Lipinski definition) is 4. The zero-order valence-corrected chi connectivity index (χ0v) is 11.5. The molecule has 0 aliphatic rings. The normalized spacial score (nSPS) is 9.75. The van der Waals surface area contributed by atoms with Crippen LogP contribution in [0.25, 0.3) is 0 Å². The molecule has 0 atom stereocenters. The first-order valence-electron chi connectivity index (χ1n) is 4.14. The Labute approximate surface area is 79.3 Å². The van der Waals surface area contributed by atoms with Gasteiger partial charge in [-0.05, 0) is 20.8 Å². The van der Waals surface area contributed by atoms with Gasteiger partial charge < -0.3 is 18.1 Å². The molecule has 0 saturated carbocycles. The van der Waals surface area contributed by atoms with Crippen LogP contribution < -0.4 is 0 Å². The van der Waals surface area contributed by atoms with Crippen molar-refractivity contribution in [3.63, 3.8) is 0 Å². The average Bonchev–Trinajstić information content (AvgIpc) is 2.10.